The lowest BCUT2D eigenvalue weighted by Crippen LogP contribution is -2.55. The Hall–Kier alpha value is -0.750. The fourth-order valence-corrected chi connectivity index (χ4v) is 3.82. The molecule has 2 aliphatic rings. The van der Waals surface area contributed by atoms with Crippen molar-refractivity contribution in [1.29, 1.82) is 0 Å². The van der Waals surface area contributed by atoms with Gasteiger partial charge in [0.15, 0.2) is 0 Å². The summed E-state index contributed by atoms with van der Waals surface area (Å²) in [6.45, 7) is 0. The molecule has 0 aromatic heterocycles. The second kappa shape index (κ2) is 4.98. The van der Waals surface area contributed by atoms with Crippen molar-refractivity contribution in [2.24, 2.45) is 5.92 Å². The van der Waals surface area contributed by atoms with Crippen LogP contribution in [-0.2, 0) is 24.5 Å². The molecule has 2 atom stereocenters. The van der Waals surface area contributed by atoms with E-state index in [4.69, 9.17) is 20.0 Å². The first-order chi connectivity index (χ1) is 9.13. The molecular formula is C13H13ClO4S. The predicted molar refractivity (Wildman–Crippen MR) is 70.6 cm³/mol. The van der Waals surface area contributed by atoms with Gasteiger partial charge in [-0.05, 0) is 36.5 Å². The van der Waals surface area contributed by atoms with Crippen LogP contribution in [0.2, 0.25) is 5.02 Å². The lowest BCUT2D eigenvalue weighted by atomic mass is 9.75. The zero-order chi connectivity index (χ0) is 13.5. The van der Waals surface area contributed by atoms with Gasteiger partial charge in [-0.2, -0.15) is 4.21 Å². The summed E-state index contributed by atoms with van der Waals surface area (Å²) in [5, 5.41) is 0.698. The number of rotatable bonds is 2. The number of halogens is 1. The summed E-state index contributed by atoms with van der Waals surface area (Å²) < 4.78 is 21.3. The molecule has 1 aromatic carbocycles. The van der Waals surface area contributed by atoms with E-state index in [0.29, 0.717) is 17.9 Å². The van der Waals surface area contributed by atoms with E-state index in [0.717, 1.165) is 18.3 Å². The van der Waals surface area contributed by atoms with E-state index in [-0.39, 0.29) is 11.8 Å². The minimum Gasteiger partial charge on any atom is -0.303 e. The van der Waals surface area contributed by atoms with Crippen LogP contribution < -0.4 is 0 Å². The third kappa shape index (κ3) is 2.36. The Bertz CT molecular complexity index is 508. The molecule has 1 saturated heterocycles. The van der Waals surface area contributed by atoms with E-state index < -0.39 is 17.1 Å². The van der Waals surface area contributed by atoms with Crippen molar-refractivity contribution in [3.8, 4) is 0 Å². The monoisotopic (exact) mass is 300 g/mol. The first kappa shape index (κ1) is 13.2. The van der Waals surface area contributed by atoms with Crippen LogP contribution in [0.1, 0.15) is 30.7 Å². The topological polar surface area (TPSA) is 52.6 Å². The van der Waals surface area contributed by atoms with Crippen LogP contribution in [0.5, 0.6) is 0 Å². The third-order valence-electron chi connectivity index (χ3n) is 3.87. The summed E-state index contributed by atoms with van der Waals surface area (Å²) >= 11 is 4.18. The average Bonchev–Trinajstić information content (AvgIpc) is 2.39. The standard InChI is InChI=1S/C13H13ClO4S/c14-12-3-1-9(2-4-12)10-5-6-13(11(7-10)8-15)17-19(16)18-13/h1-4,8,10-11H,5-7H2. The van der Waals surface area contributed by atoms with Crippen molar-refractivity contribution in [3.05, 3.63) is 34.9 Å². The van der Waals surface area contributed by atoms with Crippen LogP contribution in [0.15, 0.2) is 24.3 Å². The van der Waals surface area contributed by atoms with Crippen LogP contribution >= 0.6 is 11.6 Å². The molecule has 3 rings (SSSR count). The molecule has 1 aliphatic heterocycles. The smallest absolute Gasteiger partial charge is 0.303 e. The van der Waals surface area contributed by atoms with Gasteiger partial charge in [0.1, 0.15) is 6.29 Å². The van der Waals surface area contributed by atoms with Gasteiger partial charge in [-0.15, -0.1) is 0 Å². The zero-order valence-corrected chi connectivity index (χ0v) is 11.7. The predicted octanol–water partition coefficient (Wildman–Crippen LogP) is 2.74. The second-order valence-electron chi connectivity index (χ2n) is 4.95. The Morgan fingerprint density at radius 2 is 2.00 bits per heavy atom. The van der Waals surface area contributed by atoms with Gasteiger partial charge < -0.3 is 4.79 Å². The quantitative estimate of drug-likeness (QED) is 0.788. The Morgan fingerprint density at radius 1 is 1.32 bits per heavy atom. The Labute approximate surface area is 118 Å². The molecular weight excluding hydrogens is 288 g/mol. The van der Waals surface area contributed by atoms with Crippen molar-refractivity contribution in [1.82, 2.24) is 0 Å². The van der Waals surface area contributed by atoms with Crippen molar-refractivity contribution < 1.29 is 17.4 Å². The second-order valence-corrected chi connectivity index (χ2v) is 6.13. The van der Waals surface area contributed by atoms with E-state index in [1.807, 2.05) is 24.3 Å². The van der Waals surface area contributed by atoms with E-state index in [9.17, 15) is 9.00 Å². The molecule has 102 valence electrons. The first-order valence-electron chi connectivity index (χ1n) is 6.14. The molecule has 1 saturated carbocycles. The minimum atomic E-state index is -1.69. The average molecular weight is 301 g/mol. The van der Waals surface area contributed by atoms with E-state index in [1.165, 1.54) is 0 Å². The molecule has 1 aromatic rings. The largest absolute Gasteiger partial charge is 0.310 e. The minimum absolute atomic E-state index is 0.277. The highest BCUT2D eigenvalue weighted by molar-refractivity contribution is 7.76. The lowest BCUT2D eigenvalue weighted by molar-refractivity contribution is -0.222. The van der Waals surface area contributed by atoms with Gasteiger partial charge in [0, 0.05) is 11.4 Å². The molecule has 2 unspecified atom stereocenters. The van der Waals surface area contributed by atoms with Crippen LogP contribution in [0, 0.1) is 5.92 Å². The van der Waals surface area contributed by atoms with Crippen molar-refractivity contribution in [2.45, 2.75) is 31.0 Å². The molecule has 0 N–H and O–H groups in total. The van der Waals surface area contributed by atoms with Crippen LogP contribution in [-0.4, -0.2) is 16.3 Å². The van der Waals surface area contributed by atoms with Crippen molar-refractivity contribution in [3.63, 3.8) is 0 Å². The maximum Gasteiger partial charge on any atom is 0.310 e. The van der Waals surface area contributed by atoms with E-state index in [2.05, 4.69) is 0 Å². The number of hydrogen-bond acceptors (Lipinski definition) is 4. The normalized spacial score (nSPS) is 37.8. The summed E-state index contributed by atoms with van der Waals surface area (Å²) in [6, 6.07) is 7.66. The Morgan fingerprint density at radius 3 is 2.58 bits per heavy atom. The molecule has 6 heteroatoms. The highest BCUT2D eigenvalue weighted by atomic mass is 35.5. The van der Waals surface area contributed by atoms with E-state index in [1.54, 1.807) is 0 Å². The summed E-state index contributed by atoms with van der Waals surface area (Å²) in [5.41, 5.74) is 1.16. The summed E-state index contributed by atoms with van der Waals surface area (Å²) in [5.74, 6) is -1.05. The van der Waals surface area contributed by atoms with Gasteiger partial charge in [-0.1, -0.05) is 23.7 Å². The van der Waals surface area contributed by atoms with Gasteiger partial charge >= 0.3 is 11.4 Å². The fourth-order valence-electron chi connectivity index (χ4n) is 2.81. The van der Waals surface area contributed by atoms with E-state index >= 15 is 0 Å². The molecule has 1 spiro atoms. The molecule has 1 heterocycles. The first-order valence-corrected chi connectivity index (χ1v) is 7.52. The number of benzene rings is 1. The molecule has 19 heavy (non-hydrogen) atoms. The van der Waals surface area contributed by atoms with Crippen LogP contribution in [0.4, 0.5) is 0 Å². The van der Waals surface area contributed by atoms with Gasteiger partial charge in [0.25, 0.3) is 0 Å². The third-order valence-corrected chi connectivity index (χ3v) is 4.96. The maximum absolute atomic E-state index is 11.2. The zero-order valence-electron chi connectivity index (χ0n) is 10.1. The lowest BCUT2D eigenvalue weighted by Gasteiger charge is -2.46. The van der Waals surface area contributed by atoms with Gasteiger partial charge in [-0.25, -0.2) is 8.37 Å². The SMILES string of the molecule is O=CC1CC(c2ccc(Cl)cc2)CCC12OS(=O)O2. The summed E-state index contributed by atoms with van der Waals surface area (Å²) in [6.07, 6.45) is 2.90. The number of carbonyl (C=O) groups is 1. The van der Waals surface area contributed by atoms with Crippen molar-refractivity contribution in [2.75, 3.05) is 0 Å². The maximum atomic E-state index is 11.2. The molecule has 2 fully saturated rings. The molecule has 0 bridgehead atoms. The highest BCUT2D eigenvalue weighted by Gasteiger charge is 2.55. The summed E-state index contributed by atoms with van der Waals surface area (Å²) in [7, 11) is 0. The van der Waals surface area contributed by atoms with Crippen molar-refractivity contribution >= 4 is 29.2 Å². The molecule has 1 aliphatic carbocycles. The van der Waals surface area contributed by atoms with Gasteiger partial charge in [0.2, 0.25) is 5.79 Å². The Balaban J connectivity index is 1.76. The Kier molecular flexibility index (Phi) is 3.47. The molecule has 4 nitrogen and oxygen atoms in total. The van der Waals surface area contributed by atoms with Gasteiger partial charge in [0.05, 0.1) is 5.92 Å². The van der Waals surface area contributed by atoms with Crippen LogP contribution in [0.3, 0.4) is 0 Å². The number of carbonyl (C=O) groups excluding carboxylic acids is 1. The number of hydrogen-bond donors (Lipinski definition) is 0. The van der Waals surface area contributed by atoms with Crippen LogP contribution in [0.25, 0.3) is 0 Å². The number of aldehydes is 1. The summed E-state index contributed by atoms with van der Waals surface area (Å²) in [4.78, 5) is 11.2. The van der Waals surface area contributed by atoms with Gasteiger partial charge in [-0.3, -0.25) is 0 Å². The fraction of sp³-hybridized carbons (Fsp3) is 0.462. The molecule has 0 amide bonds. The highest BCUT2D eigenvalue weighted by Crippen LogP contribution is 2.48. The molecule has 0 radical (unpaired) electrons.